The molecule has 0 amide bonds. The molecule has 20 heavy (non-hydrogen) atoms. The Kier molecular flexibility index (Phi) is 6.49. The lowest BCUT2D eigenvalue weighted by atomic mass is 10.3. The molecule has 1 heterocycles. The smallest absolute Gasteiger partial charge is 0.317 e. The van der Waals surface area contributed by atoms with Crippen molar-refractivity contribution >= 4 is 11.9 Å². The van der Waals surface area contributed by atoms with Gasteiger partial charge in [0, 0.05) is 11.8 Å². The first-order valence-electron chi connectivity index (χ1n) is 6.47. The molecule has 0 aliphatic carbocycles. The summed E-state index contributed by atoms with van der Waals surface area (Å²) in [6, 6.07) is 0. The van der Waals surface area contributed by atoms with Gasteiger partial charge in [-0.3, -0.25) is 14.3 Å². The van der Waals surface area contributed by atoms with E-state index in [2.05, 4.69) is 9.84 Å². The third-order valence-electron chi connectivity index (χ3n) is 2.37. The van der Waals surface area contributed by atoms with Gasteiger partial charge in [0.05, 0.1) is 19.3 Å². The molecule has 0 aliphatic rings. The van der Waals surface area contributed by atoms with E-state index in [0.717, 1.165) is 5.56 Å². The van der Waals surface area contributed by atoms with Crippen LogP contribution < -0.4 is 0 Å². The van der Waals surface area contributed by atoms with E-state index in [-0.39, 0.29) is 19.6 Å². The SMILES string of the molecule is CCOC(=O)CC(=O)OCc1cnn(CC=C(C)C)c1. The number of hydrogen-bond acceptors (Lipinski definition) is 5. The molecule has 0 bridgehead atoms. The third-order valence-corrected chi connectivity index (χ3v) is 2.37. The molecule has 0 spiro atoms. The molecule has 0 N–H and O–H groups in total. The van der Waals surface area contributed by atoms with Crippen molar-refractivity contribution in [3.05, 3.63) is 29.6 Å². The third kappa shape index (κ3) is 6.17. The average Bonchev–Trinajstić information content (AvgIpc) is 2.82. The van der Waals surface area contributed by atoms with Crippen molar-refractivity contribution in [3.63, 3.8) is 0 Å². The number of ether oxygens (including phenoxy) is 2. The Bertz CT molecular complexity index is 487. The summed E-state index contributed by atoms with van der Waals surface area (Å²) in [5.74, 6) is -1.17. The van der Waals surface area contributed by atoms with Crippen molar-refractivity contribution < 1.29 is 19.1 Å². The van der Waals surface area contributed by atoms with Crippen LogP contribution in [0.2, 0.25) is 0 Å². The summed E-state index contributed by atoms with van der Waals surface area (Å²) in [5.41, 5.74) is 1.99. The van der Waals surface area contributed by atoms with E-state index in [0.29, 0.717) is 6.54 Å². The Morgan fingerprint density at radius 1 is 1.30 bits per heavy atom. The highest BCUT2D eigenvalue weighted by molar-refractivity contribution is 5.91. The molecule has 1 aromatic heterocycles. The lowest BCUT2D eigenvalue weighted by Crippen LogP contribution is -2.13. The highest BCUT2D eigenvalue weighted by Gasteiger charge is 2.11. The predicted molar refractivity (Wildman–Crippen MR) is 72.7 cm³/mol. The molecule has 6 nitrogen and oxygen atoms in total. The molecule has 0 radical (unpaired) electrons. The second-order valence-electron chi connectivity index (χ2n) is 4.49. The summed E-state index contributed by atoms with van der Waals surface area (Å²) in [5, 5.41) is 4.15. The van der Waals surface area contributed by atoms with Crippen LogP contribution in [0.5, 0.6) is 0 Å². The number of esters is 2. The summed E-state index contributed by atoms with van der Waals surface area (Å²) < 4.78 is 11.4. The van der Waals surface area contributed by atoms with Gasteiger partial charge in [-0.05, 0) is 20.8 Å². The molecular formula is C14H20N2O4. The largest absolute Gasteiger partial charge is 0.466 e. The van der Waals surface area contributed by atoms with Crippen LogP contribution in [-0.2, 0) is 32.2 Å². The monoisotopic (exact) mass is 280 g/mol. The van der Waals surface area contributed by atoms with Crippen molar-refractivity contribution in [1.82, 2.24) is 9.78 Å². The van der Waals surface area contributed by atoms with Crippen LogP contribution in [0.3, 0.4) is 0 Å². The minimum atomic E-state index is -0.597. The molecule has 0 aliphatic heterocycles. The first kappa shape index (κ1) is 15.9. The van der Waals surface area contributed by atoms with Crippen LogP contribution in [0.25, 0.3) is 0 Å². The molecule has 0 aromatic carbocycles. The number of aromatic nitrogens is 2. The van der Waals surface area contributed by atoms with Crippen molar-refractivity contribution in [2.75, 3.05) is 6.61 Å². The van der Waals surface area contributed by atoms with Gasteiger partial charge in [0.15, 0.2) is 0 Å². The van der Waals surface area contributed by atoms with Gasteiger partial charge >= 0.3 is 11.9 Å². The number of nitrogens with zero attached hydrogens (tertiary/aromatic N) is 2. The second-order valence-corrected chi connectivity index (χ2v) is 4.49. The van der Waals surface area contributed by atoms with Gasteiger partial charge in [-0.1, -0.05) is 11.6 Å². The number of allylic oxidation sites excluding steroid dienone is 2. The second kappa shape index (κ2) is 8.14. The van der Waals surface area contributed by atoms with Crippen LogP contribution in [0, 0.1) is 0 Å². The maximum atomic E-state index is 11.4. The fourth-order valence-corrected chi connectivity index (χ4v) is 1.40. The minimum Gasteiger partial charge on any atom is -0.466 e. The molecule has 0 atom stereocenters. The zero-order valence-electron chi connectivity index (χ0n) is 12.1. The predicted octanol–water partition coefficient (Wildman–Crippen LogP) is 1.85. The van der Waals surface area contributed by atoms with Crippen molar-refractivity contribution in [2.24, 2.45) is 0 Å². The molecule has 6 heteroatoms. The van der Waals surface area contributed by atoms with Gasteiger partial charge in [0.2, 0.25) is 0 Å². The van der Waals surface area contributed by atoms with Crippen molar-refractivity contribution in [3.8, 4) is 0 Å². The molecule has 0 fully saturated rings. The van der Waals surface area contributed by atoms with Gasteiger partial charge in [-0.25, -0.2) is 0 Å². The molecule has 110 valence electrons. The van der Waals surface area contributed by atoms with Crippen LogP contribution in [0.1, 0.15) is 32.8 Å². The maximum absolute atomic E-state index is 11.4. The van der Waals surface area contributed by atoms with Crippen LogP contribution in [0.4, 0.5) is 0 Å². The Labute approximate surface area is 118 Å². The van der Waals surface area contributed by atoms with E-state index in [1.54, 1.807) is 24.0 Å². The van der Waals surface area contributed by atoms with Gasteiger partial charge in [0.1, 0.15) is 13.0 Å². The van der Waals surface area contributed by atoms with Crippen LogP contribution in [0.15, 0.2) is 24.0 Å². The Morgan fingerprint density at radius 2 is 2.00 bits per heavy atom. The lowest BCUT2D eigenvalue weighted by molar-refractivity contribution is -0.155. The number of carbonyl (C=O) groups is 2. The highest BCUT2D eigenvalue weighted by atomic mass is 16.6. The first-order chi connectivity index (χ1) is 9.51. The summed E-state index contributed by atoms with van der Waals surface area (Å²) >= 11 is 0. The van der Waals surface area contributed by atoms with E-state index in [1.807, 2.05) is 19.9 Å². The number of hydrogen-bond donors (Lipinski definition) is 0. The highest BCUT2D eigenvalue weighted by Crippen LogP contribution is 2.03. The molecule has 0 saturated carbocycles. The van der Waals surface area contributed by atoms with E-state index >= 15 is 0 Å². The van der Waals surface area contributed by atoms with Gasteiger partial charge in [0.25, 0.3) is 0 Å². The fraction of sp³-hybridized carbons (Fsp3) is 0.500. The van der Waals surface area contributed by atoms with Crippen molar-refractivity contribution in [2.45, 2.75) is 40.3 Å². The molecule has 0 saturated heterocycles. The molecular weight excluding hydrogens is 260 g/mol. The summed E-state index contributed by atoms with van der Waals surface area (Å²) in [7, 11) is 0. The quantitative estimate of drug-likeness (QED) is 0.433. The standard InChI is InChI=1S/C14H20N2O4/c1-4-19-13(17)7-14(18)20-10-12-8-15-16(9-12)6-5-11(2)3/h5,8-9H,4,6-7,10H2,1-3H3. The van der Waals surface area contributed by atoms with E-state index in [1.165, 1.54) is 5.57 Å². The number of carbonyl (C=O) groups excluding carboxylic acids is 2. The van der Waals surface area contributed by atoms with Crippen LogP contribution in [-0.4, -0.2) is 28.3 Å². The van der Waals surface area contributed by atoms with Gasteiger partial charge in [-0.15, -0.1) is 0 Å². The molecule has 0 unspecified atom stereocenters. The van der Waals surface area contributed by atoms with E-state index in [4.69, 9.17) is 4.74 Å². The Balaban J connectivity index is 2.36. The minimum absolute atomic E-state index is 0.104. The van der Waals surface area contributed by atoms with Gasteiger partial charge < -0.3 is 9.47 Å². The normalized spacial score (nSPS) is 9.95. The summed E-state index contributed by atoms with van der Waals surface area (Å²) in [6.45, 7) is 6.75. The van der Waals surface area contributed by atoms with E-state index < -0.39 is 11.9 Å². The zero-order valence-corrected chi connectivity index (χ0v) is 12.1. The maximum Gasteiger partial charge on any atom is 0.317 e. The van der Waals surface area contributed by atoms with Gasteiger partial charge in [-0.2, -0.15) is 5.10 Å². The topological polar surface area (TPSA) is 70.4 Å². The Hall–Kier alpha value is -2.11. The number of rotatable bonds is 7. The van der Waals surface area contributed by atoms with Crippen LogP contribution >= 0.6 is 0 Å². The average molecular weight is 280 g/mol. The summed E-state index contributed by atoms with van der Waals surface area (Å²) in [4.78, 5) is 22.4. The Morgan fingerprint density at radius 3 is 2.65 bits per heavy atom. The van der Waals surface area contributed by atoms with Crippen molar-refractivity contribution in [1.29, 1.82) is 0 Å². The lowest BCUT2D eigenvalue weighted by Gasteiger charge is -2.03. The zero-order chi connectivity index (χ0) is 15.0. The molecule has 1 aromatic rings. The first-order valence-corrected chi connectivity index (χ1v) is 6.47. The van der Waals surface area contributed by atoms with E-state index in [9.17, 15) is 9.59 Å². The fourth-order valence-electron chi connectivity index (χ4n) is 1.40. The summed E-state index contributed by atoms with van der Waals surface area (Å²) in [6.07, 6.45) is 5.12. The molecule has 1 rings (SSSR count).